The first kappa shape index (κ1) is 26.9. The number of imide groups is 2. The molecule has 4 rings (SSSR count). The smallest absolute Gasteiger partial charge is 0.254 e. The summed E-state index contributed by atoms with van der Waals surface area (Å²) < 4.78 is 0. The van der Waals surface area contributed by atoms with Crippen molar-refractivity contribution in [2.75, 3.05) is 23.0 Å². The molecule has 6 nitrogen and oxygen atoms in total. The third kappa shape index (κ3) is 5.57. The second-order valence-electron chi connectivity index (χ2n) is 10.9. The third-order valence-corrected chi connectivity index (χ3v) is 10.9. The van der Waals surface area contributed by atoms with Gasteiger partial charge in [0.05, 0.1) is 11.8 Å². The van der Waals surface area contributed by atoms with E-state index in [4.69, 9.17) is 0 Å². The largest absolute Gasteiger partial charge is 0.274 e. The number of carbonyl (C=O) groups excluding carboxylic acids is 4. The van der Waals surface area contributed by atoms with Gasteiger partial charge in [-0.05, 0) is 89.2 Å². The van der Waals surface area contributed by atoms with Gasteiger partial charge in [-0.3, -0.25) is 29.0 Å². The van der Waals surface area contributed by atoms with E-state index < -0.39 is 11.1 Å². The molecule has 0 bridgehead atoms. The zero-order valence-corrected chi connectivity index (χ0v) is 23.6. The maximum Gasteiger partial charge on any atom is 0.254 e. The van der Waals surface area contributed by atoms with Crippen molar-refractivity contribution in [3.8, 4) is 0 Å². The summed E-state index contributed by atoms with van der Waals surface area (Å²) in [5.74, 6) is 3.08. The molecule has 4 aliphatic heterocycles. The molecule has 2 unspecified atom stereocenters. The first-order chi connectivity index (χ1) is 16.5. The van der Waals surface area contributed by atoms with Gasteiger partial charge in [-0.1, -0.05) is 0 Å². The molecule has 0 aromatic carbocycles. The lowest BCUT2D eigenvalue weighted by atomic mass is 9.91. The van der Waals surface area contributed by atoms with Gasteiger partial charge < -0.3 is 0 Å². The third-order valence-electron chi connectivity index (χ3n) is 7.41. The van der Waals surface area contributed by atoms with Crippen molar-refractivity contribution in [3.05, 3.63) is 22.0 Å². The zero-order valence-electron chi connectivity index (χ0n) is 21.1. The molecule has 2 atom stereocenters. The SMILES string of the molecule is CC(C)(CCCSCCCC(C)(C)N1C(=O)C=C2SCCC2C1=O)N1C(=O)C=C2SCCC2C1=O. The number of amides is 4. The Morgan fingerprint density at radius 3 is 1.57 bits per heavy atom. The van der Waals surface area contributed by atoms with E-state index in [0.29, 0.717) is 0 Å². The average Bonchev–Trinajstić information content (AvgIpc) is 3.42. The van der Waals surface area contributed by atoms with E-state index in [1.165, 1.54) is 9.80 Å². The number of fused-ring (bicyclic) bond motifs is 2. The van der Waals surface area contributed by atoms with Gasteiger partial charge in [0, 0.05) is 33.0 Å². The summed E-state index contributed by atoms with van der Waals surface area (Å²) in [6.07, 6.45) is 8.38. The summed E-state index contributed by atoms with van der Waals surface area (Å²) in [6, 6.07) is 0. The summed E-state index contributed by atoms with van der Waals surface area (Å²) in [6.45, 7) is 7.97. The molecule has 192 valence electrons. The molecule has 2 saturated heterocycles. The Hall–Kier alpha value is -1.19. The average molecular weight is 537 g/mol. The summed E-state index contributed by atoms with van der Waals surface area (Å²) in [4.78, 5) is 56.1. The van der Waals surface area contributed by atoms with Crippen LogP contribution in [-0.2, 0) is 19.2 Å². The van der Waals surface area contributed by atoms with Crippen molar-refractivity contribution in [2.45, 2.75) is 77.3 Å². The Morgan fingerprint density at radius 2 is 1.17 bits per heavy atom. The predicted octanol–water partition coefficient (Wildman–Crippen LogP) is 4.85. The van der Waals surface area contributed by atoms with Gasteiger partial charge in [0.25, 0.3) is 11.8 Å². The monoisotopic (exact) mass is 536 g/mol. The molecule has 0 aliphatic carbocycles. The van der Waals surface area contributed by atoms with Crippen LogP contribution >= 0.6 is 35.3 Å². The minimum atomic E-state index is -0.494. The minimum Gasteiger partial charge on any atom is -0.274 e. The Kier molecular flexibility index (Phi) is 8.18. The zero-order chi connectivity index (χ0) is 25.4. The second-order valence-corrected chi connectivity index (χ2v) is 14.5. The molecule has 4 amide bonds. The van der Waals surface area contributed by atoms with E-state index in [1.807, 2.05) is 39.5 Å². The van der Waals surface area contributed by atoms with Gasteiger partial charge in [-0.25, -0.2) is 0 Å². The fourth-order valence-corrected chi connectivity index (χ4v) is 8.77. The van der Waals surface area contributed by atoms with Crippen LogP contribution in [0.4, 0.5) is 0 Å². The van der Waals surface area contributed by atoms with Gasteiger partial charge in [0.2, 0.25) is 11.8 Å². The topological polar surface area (TPSA) is 74.8 Å². The predicted molar refractivity (Wildman–Crippen MR) is 145 cm³/mol. The quantitative estimate of drug-likeness (QED) is 0.292. The highest BCUT2D eigenvalue weighted by Gasteiger charge is 2.45. The molecule has 4 heterocycles. The highest BCUT2D eigenvalue weighted by atomic mass is 32.2. The summed E-state index contributed by atoms with van der Waals surface area (Å²) >= 11 is 5.13. The number of nitrogens with zero attached hydrogens (tertiary/aromatic N) is 2. The maximum absolute atomic E-state index is 13.0. The molecular weight excluding hydrogens is 500 g/mol. The number of rotatable bonds is 10. The lowest BCUT2D eigenvalue weighted by Crippen LogP contribution is -2.54. The molecule has 0 saturated carbocycles. The minimum absolute atomic E-state index is 0.0302. The summed E-state index contributed by atoms with van der Waals surface area (Å²) in [5.41, 5.74) is -0.988. The summed E-state index contributed by atoms with van der Waals surface area (Å²) in [5, 5.41) is 0. The lowest BCUT2D eigenvalue weighted by molar-refractivity contribution is -0.153. The van der Waals surface area contributed by atoms with E-state index in [2.05, 4.69) is 0 Å². The van der Waals surface area contributed by atoms with Gasteiger partial charge in [-0.15, -0.1) is 23.5 Å². The first-order valence-electron chi connectivity index (χ1n) is 12.6. The Balaban J connectivity index is 1.19. The molecule has 9 heteroatoms. The fraction of sp³-hybridized carbons (Fsp3) is 0.692. The lowest BCUT2D eigenvalue weighted by Gasteiger charge is -2.40. The molecular formula is C26H36N2O4S3. The van der Waals surface area contributed by atoms with Crippen molar-refractivity contribution in [3.63, 3.8) is 0 Å². The Morgan fingerprint density at radius 1 is 0.771 bits per heavy atom. The molecule has 2 fully saturated rings. The summed E-state index contributed by atoms with van der Waals surface area (Å²) in [7, 11) is 0. The van der Waals surface area contributed by atoms with Gasteiger partial charge in [0.15, 0.2) is 0 Å². The molecule has 0 spiro atoms. The van der Waals surface area contributed by atoms with Crippen molar-refractivity contribution in [2.24, 2.45) is 11.8 Å². The van der Waals surface area contributed by atoms with E-state index in [0.717, 1.165) is 71.3 Å². The second kappa shape index (κ2) is 10.7. The molecule has 0 radical (unpaired) electrons. The Labute approximate surface area is 221 Å². The van der Waals surface area contributed by atoms with Crippen LogP contribution in [0.2, 0.25) is 0 Å². The number of thioether (sulfide) groups is 3. The molecule has 4 aliphatic rings. The van der Waals surface area contributed by atoms with Crippen LogP contribution in [0, 0.1) is 11.8 Å². The number of carbonyl (C=O) groups is 4. The van der Waals surface area contributed by atoms with Crippen LogP contribution < -0.4 is 0 Å². The highest BCUT2D eigenvalue weighted by molar-refractivity contribution is 8.03. The van der Waals surface area contributed by atoms with Crippen molar-refractivity contribution >= 4 is 58.9 Å². The highest BCUT2D eigenvalue weighted by Crippen LogP contribution is 2.43. The van der Waals surface area contributed by atoms with E-state index >= 15 is 0 Å². The first-order valence-corrected chi connectivity index (χ1v) is 15.7. The van der Waals surface area contributed by atoms with E-state index in [1.54, 1.807) is 35.7 Å². The maximum atomic E-state index is 13.0. The van der Waals surface area contributed by atoms with Gasteiger partial charge >= 0.3 is 0 Å². The van der Waals surface area contributed by atoms with Crippen LogP contribution in [0.1, 0.15) is 66.2 Å². The van der Waals surface area contributed by atoms with Gasteiger partial charge in [0.1, 0.15) is 0 Å². The van der Waals surface area contributed by atoms with E-state index in [-0.39, 0.29) is 35.5 Å². The van der Waals surface area contributed by atoms with Crippen LogP contribution in [-0.4, -0.2) is 67.5 Å². The van der Waals surface area contributed by atoms with Crippen molar-refractivity contribution < 1.29 is 19.2 Å². The molecule has 35 heavy (non-hydrogen) atoms. The standard InChI is InChI=1S/C26H36N2O4S3/c1-25(2,27-21(29)15-19-17(23(27)31)7-13-34-19)9-5-11-33-12-6-10-26(3,4)28-22(30)16-20-18(24(28)32)8-14-35-20/h15-18H,5-14H2,1-4H3. The van der Waals surface area contributed by atoms with Crippen LogP contribution in [0.5, 0.6) is 0 Å². The van der Waals surface area contributed by atoms with Crippen LogP contribution in [0.15, 0.2) is 22.0 Å². The number of hydrogen-bond donors (Lipinski definition) is 0. The van der Waals surface area contributed by atoms with Crippen molar-refractivity contribution in [1.29, 1.82) is 0 Å². The normalized spacial score (nSPS) is 25.1. The fourth-order valence-electron chi connectivity index (χ4n) is 5.48. The molecule has 0 aromatic rings. The molecule has 0 N–H and O–H groups in total. The number of hydrogen-bond acceptors (Lipinski definition) is 7. The Bertz CT molecular complexity index is 896. The van der Waals surface area contributed by atoms with E-state index in [9.17, 15) is 19.2 Å². The van der Waals surface area contributed by atoms with Crippen LogP contribution in [0.3, 0.4) is 0 Å². The van der Waals surface area contributed by atoms with Crippen molar-refractivity contribution in [1.82, 2.24) is 9.80 Å². The van der Waals surface area contributed by atoms with Crippen LogP contribution in [0.25, 0.3) is 0 Å². The molecule has 0 aromatic heterocycles. The van der Waals surface area contributed by atoms with Gasteiger partial charge in [-0.2, -0.15) is 11.8 Å².